The molecule has 1 N–H and O–H groups in total. The van der Waals surface area contributed by atoms with E-state index in [-0.39, 0.29) is 6.54 Å². The van der Waals surface area contributed by atoms with Crippen LogP contribution in [0.4, 0.5) is 17.6 Å². The van der Waals surface area contributed by atoms with Crippen LogP contribution in [0.25, 0.3) is 0 Å². The number of hydrogen-bond donors (Lipinski definition) is 1. The van der Waals surface area contributed by atoms with E-state index in [0.29, 0.717) is 4.90 Å². The molecule has 1 aliphatic rings. The summed E-state index contributed by atoms with van der Waals surface area (Å²) in [4.78, 5) is 11.7. The van der Waals surface area contributed by atoms with Gasteiger partial charge in [0.25, 0.3) is 0 Å². The summed E-state index contributed by atoms with van der Waals surface area (Å²) in [6.45, 7) is 0.143. The van der Waals surface area contributed by atoms with Gasteiger partial charge < -0.3 is 4.90 Å². The lowest BCUT2D eigenvalue weighted by atomic mass is 10.3. The number of rotatable bonds is 3. The van der Waals surface area contributed by atoms with Gasteiger partial charge in [0.2, 0.25) is 5.91 Å². The molecule has 1 saturated heterocycles. The summed E-state index contributed by atoms with van der Waals surface area (Å²) in [7, 11) is 0. The summed E-state index contributed by atoms with van der Waals surface area (Å²) in [6.07, 6.45) is -4.37. The molecule has 1 unspecified atom stereocenters. The van der Waals surface area contributed by atoms with E-state index in [1.807, 2.05) is 0 Å². The van der Waals surface area contributed by atoms with Crippen molar-refractivity contribution in [2.45, 2.75) is 25.4 Å². The smallest absolute Gasteiger partial charge is 0.320 e. The Morgan fingerprint density at radius 1 is 1.64 bits per heavy atom. The lowest BCUT2D eigenvalue weighted by Gasteiger charge is -2.25. The fourth-order valence-electron chi connectivity index (χ4n) is 1.18. The fourth-order valence-corrected chi connectivity index (χ4v) is 1.18. The minimum absolute atomic E-state index is 0.0829. The summed E-state index contributed by atoms with van der Waals surface area (Å²) in [5.74, 6) is -4.73. The molecule has 0 saturated carbocycles. The van der Waals surface area contributed by atoms with Crippen LogP contribution in [0.15, 0.2) is 0 Å². The molecular weight excluding hydrogens is 204 g/mol. The highest BCUT2D eigenvalue weighted by molar-refractivity contribution is 5.80. The lowest BCUT2D eigenvalue weighted by Crippen LogP contribution is -2.46. The second-order valence-electron chi connectivity index (χ2n) is 3.14. The molecule has 3 nitrogen and oxygen atoms in total. The summed E-state index contributed by atoms with van der Waals surface area (Å²) >= 11 is 0. The molecule has 1 heterocycles. The number of nitrogens with one attached hydrogen (secondary N) is 1. The third kappa shape index (κ3) is 2.14. The zero-order chi connectivity index (χ0) is 10.9. The lowest BCUT2D eigenvalue weighted by molar-refractivity contribution is -0.155. The van der Waals surface area contributed by atoms with Crippen molar-refractivity contribution in [1.29, 1.82) is 0 Å². The number of carbonyl (C=O) groups excluding carboxylic acids is 1. The highest BCUT2D eigenvalue weighted by atomic mass is 19.3. The minimum atomic E-state index is -4.14. The molecule has 0 aromatic rings. The van der Waals surface area contributed by atoms with E-state index < -0.39 is 31.0 Å². The Balaban J connectivity index is 2.63. The molecule has 0 aliphatic carbocycles. The van der Waals surface area contributed by atoms with Crippen molar-refractivity contribution in [2.24, 2.45) is 0 Å². The van der Waals surface area contributed by atoms with Gasteiger partial charge in [0, 0.05) is 0 Å². The van der Waals surface area contributed by atoms with Crippen LogP contribution in [0.1, 0.15) is 6.92 Å². The van der Waals surface area contributed by atoms with Gasteiger partial charge in [0.15, 0.2) is 0 Å². The average Bonchev–Trinajstić information content (AvgIpc) is 2.35. The first-order valence-corrected chi connectivity index (χ1v) is 4.03. The van der Waals surface area contributed by atoms with Crippen LogP contribution in [0.5, 0.6) is 0 Å². The van der Waals surface area contributed by atoms with E-state index in [4.69, 9.17) is 0 Å². The predicted molar refractivity (Wildman–Crippen MR) is 40.1 cm³/mol. The van der Waals surface area contributed by atoms with Gasteiger partial charge in [-0.1, -0.05) is 0 Å². The SMILES string of the molecule is CC1NCC(=O)N1CC(F)(F)C(F)F. The second-order valence-corrected chi connectivity index (χ2v) is 3.14. The van der Waals surface area contributed by atoms with Crippen molar-refractivity contribution in [3.05, 3.63) is 0 Å². The zero-order valence-corrected chi connectivity index (χ0v) is 7.44. The molecule has 0 aromatic carbocycles. The van der Waals surface area contributed by atoms with E-state index in [1.54, 1.807) is 0 Å². The molecule has 1 amide bonds. The van der Waals surface area contributed by atoms with E-state index in [2.05, 4.69) is 5.32 Å². The fraction of sp³-hybridized carbons (Fsp3) is 0.857. The molecular formula is C7H10F4N2O. The normalized spacial score (nSPS) is 23.7. The van der Waals surface area contributed by atoms with Gasteiger partial charge in [0.1, 0.15) is 0 Å². The maximum atomic E-state index is 12.6. The third-order valence-electron chi connectivity index (χ3n) is 2.04. The molecule has 1 rings (SSSR count). The number of halogens is 4. The maximum absolute atomic E-state index is 12.6. The first-order chi connectivity index (χ1) is 6.34. The van der Waals surface area contributed by atoms with Crippen LogP contribution in [0, 0.1) is 0 Å². The number of hydrogen-bond acceptors (Lipinski definition) is 2. The highest BCUT2D eigenvalue weighted by Gasteiger charge is 2.45. The predicted octanol–water partition coefficient (Wildman–Crippen LogP) is 0.665. The summed E-state index contributed by atoms with van der Waals surface area (Å²) in [6, 6.07) is 0. The maximum Gasteiger partial charge on any atom is 0.324 e. The Bertz CT molecular complexity index is 234. The van der Waals surface area contributed by atoms with Crippen molar-refractivity contribution in [3.8, 4) is 0 Å². The summed E-state index contributed by atoms with van der Waals surface area (Å²) in [5, 5.41) is 2.58. The first-order valence-electron chi connectivity index (χ1n) is 4.03. The second kappa shape index (κ2) is 3.72. The Labute approximate surface area is 78.1 Å². The molecule has 1 atom stereocenters. The molecule has 0 spiro atoms. The van der Waals surface area contributed by atoms with Gasteiger partial charge >= 0.3 is 12.3 Å². The monoisotopic (exact) mass is 214 g/mol. The van der Waals surface area contributed by atoms with Crippen LogP contribution in [0.2, 0.25) is 0 Å². The number of nitrogens with zero attached hydrogens (tertiary/aromatic N) is 1. The third-order valence-corrected chi connectivity index (χ3v) is 2.04. The average molecular weight is 214 g/mol. The molecule has 0 aromatic heterocycles. The van der Waals surface area contributed by atoms with Crippen molar-refractivity contribution in [2.75, 3.05) is 13.1 Å². The van der Waals surface area contributed by atoms with E-state index in [9.17, 15) is 22.4 Å². The van der Waals surface area contributed by atoms with Crippen molar-refractivity contribution in [1.82, 2.24) is 10.2 Å². The Morgan fingerprint density at radius 2 is 2.21 bits per heavy atom. The molecule has 82 valence electrons. The van der Waals surface area contributed by atoms with Crippen LogP contribution < -0.4 is 5.32 Å². The van der Waals surface area contributed by atoms with Gasteiger partial charge in [-0.3, -0.25) is 10.1 Å². The van der Waals surface area contributed by atoms with Crippen LogP contribution in [-0.2, 0) is 4.79 Å². The number of carbonyl (C=O) groups is 1. The number of amides is 1. The molecule has 1 aliphatic heterocycles. The first kappa shape index (κ1) is 11.2. The largest absolute Gasteiger partial charge is 0.324 e. The number of alkyl halides is 4. The Hall–Kier alpha value is -0.850. The van der Waals surface area contributed by atoms with Gasteiger partial charge in [0.05, 0.1) is 19.3 Å². The van der Waals surface area contributed by atoms with E-state index in [0.717, 1.165) is 0 Å². The van der Waals surface area contributed by atoms with Gasteiger partial charge in [-0.15, -0.1) is 0 Å². The molecule has 0 bridgehead atoms. The zero-order valence-electron chi connectivity index (χ0n) is 7.44. The highest BCUT2D eigenvalue weighted by Crippen LogP contribution is 2.25. The van der Waals surface area contributed by atoms with E-state index in [1.165, 1.54) is 6.92 Å². The minimum Gasteiger partial charge on any atom is -0.320 e. The molecule has 14 heavy (non-hydrogen) atoms. The molecule has 1 fully saturated rings. The Morgan fingerprint density at radius 3 is 2.57 bits per heavy atom. The van der Waals surface area contributed by atoms with Gasteiger partial charge in [-0.05, 0) is 6.92 Å². The van der Waals surface area contributed by atoms with E-state index >= 15 is 0 Å². The molecule has 0 radical (unpaired) electrons. The summed E-state index contributed by atoms with van der Waals surface area (Å²) < 4.78 is 48.8. The van der Waals surface area contributed by atoms with Gasteiger partial charge in [-0.2, -0.15) is 8.78 Å². The van der Waals surface area contributed by atoms with Crippen molar-refractivity contribution < 1.29 is 22.4 Å². The topological polar surface area (TPSA) is 32.3 Å². The van der Waals surface area contributed by atoms with Crippen LogP contribution in [-0.4, -0.2) is 42.4 Å². The van der Waals surface area contributed by atoms with Crippen LogP contribution in [0.3, 0.4) is 0 Å². The van der Waals surface area contributed by atoms with Gasteiger partial charge in [-0.25, -0.2) is 8.78 Å². The molecule has 7 heteroatoms. The van der Waals surface area contributed by atoms with Crippen molar-refractivity contribution in [3.63, 3.8) is 0 Å². The quantitative estimate of drug-likeness (QED) is 0.700. The summed E-state index contributed by atoms with van der Waals surface area (Å²) in [5.41, 5.74) is 0. The van der Waals surface area contributed by atoms with Crippen LogP contribution >= 0.6 is 0 Å². The standard InChI is InChI=1S/C7H10F4N2O/c1-4-12-2-5(14)13(4)3-7(10,11)6(8)9/h4,6,12H,2-3H2,1H3. The Kier molecular flexibility index (Phi) is 2.98. The van der Waals surface area contributed by atoms with Crippen molar-refractivity contribution >= 4 is 5.91 Å².